The molecule has 0 aliphatic heterocycles. The van der Waals surface area contributed by atoms with E-state index in [2.05, 4.69) is 5.32 Å². The molecule has 1 amide bonds. The summed E-state index contributed by atoms with van der Waals surface area (Å²) in [5, 5.41) is 2.87. The Labute approximate surface area is 124 Å². The van der Waals surface area contributed by atoms with Crippen molar-refractivity contribution in [3.05, 3.63) is 29.8 Å². The standard InChI is InChI=1S/C16H22N2O3/c1-3-21-14(19)11-6-4-7-12(10-11)18-15(20)16(2)9-5-8-13(16)17/h4,6-7,10,13H,3,5,8-9,17H2,1-2H3,(H,18,20). The Morgan fingerprint density at radius 1 is 1.48 bits per heavy atom. The zero-order valence-electron chi connectivity index (χ0n) is 12.5. The van der Waals surface area contributed by atoms with Gasteiger partial charge in [-0.1, -0.05) is 12.5 Å². The zero-order chi connectivity index (χ0) is 15.5. The Morgan fingerprint density at radius 3 is 2.86 bits per heavy atom. The summed E-state index contributed by atoms with van der Waals surface area (Å²) in [5.41, 5.74) is 6.52. The lowest BCUT2D eigenvalue weighted by Gasteiger charge is -2.27. The van der Waals surface area contributed by atoms with Crippen LogP contribution in [0.15, 0.2) is 24.3 Å². The molecular formula is C16H22N2O3. The Balaban J connectivity index is 2.11. The third kappa shape index (κ3) is 3.24. The van der Waals surface area contributed by atoms with Crippen LogP contribution < -0.4 is 11.1 Å². The minimum absolute atomic E-state index is 0.0893. The number of nitrogens with one attached hydrogen (secondary N) is 1. The van der Waals surface area contributed by atoms with Crippen molar-refractivity contribution in [2.75, 3.05) is 11.9 Å². The third-order valence-electron chi connectivity index (χ3n) is 4.18. The second-order valence-electron chi connectivity index (χ2n) is 5.67. The van der Waals surface area contributed by atoms with Gasteiger partial charge in [-0.2, -0.15) is 0 Å². The van der Waals surface area contributed by atoms with Crippen LogP contribution in [0.2, 0.25) is 0 Å². The van der Waals surface area contributed by atoms with E-state index in [-0.39, 0.29) is 11.9 Å². The molecule has 2 unspecified atom stereocenters. The van der Waals surface area contributed by atoms with Crippen molar-refractivity contribution in [2.45, 2.75) is 39.2 Å². The summed E-state index contributed by atoms with van der Waals surface area (Å²) in [7, 11) is 0. The number of benzene rings is 1. The van der Waals surface area contributed by atoms with Gasteiger partial charge in [0.05, 0.1) is 17.6 Å². The average Bonchev–Trinajstić information content (AvgIpc) is 2.80. The highest BCUT2D eigenvalue weighted by Crippen LogP contribution is 2.37. The van der Waals surface area contributed by atoms with Gasteiger partial charge in [-0.15, -0.1) is 0 Å². The molecule has 1 saturated carbocycles. The van der Waals surface area contributed by atoms with Crippen LogP contribution in [0.1, 0.15) is 43.5 Å². The van der Waals surface area contributed by atoms with Crippen molar-refractivity contribution in [1.29, 1.82) is 0 Å². The quantitative estimate of drug-likeness (QED) is 0.834. The molecule has 0 radical (unpaired) electrons. The Hall–Kier alpha value is -1.88. The summed E-state index contributed by atoms with van der Waals surface area (Å²) in [5.74, 6) is -0.481. The molecule has 5 heteroatoms. The van der Waals surface area contributed by atoms with Crippen LogP contribution in [0.4, 0.5) is 5.69 Å². The van der Waals surface area contributed by atoms with E-state index < -0.39 is 11.4 Å². The normalized spacial score (nSPS) is 24.6. The Kier molecular flexibility index (Phi) is 4.63. The molecule has 1 aliphatic carbocycles. The summed E-state index contributed by atoms with van der Waals surface area (Å²) in [6, 6.07) is 6.64. The maximum Gasteiger partial charge on any atom is 0.338 e. The van der Waals surface area contributed by atoms with Crippen molar-refractivity contribution < 1.29 is 14.3 Å². The minimum atomic E-state index is -0.542. The molecule has 0 saturated heterocycles. The van der Waals surface area contributed by atoms with Gasteiger partial charge in [0.1, 0.15) is 0 Å². The molecule has 3 N–H and O–H groups in total. The van der Waals surface area contributed by atoms with Crippen LogP contribution in [-0.4, -0.2) is 24.5 Å². The number of amides is 1. The van der Waals surface area contributed by atoms with Crippen LogP contribution >= 0.6 is 0 Å². The fraction of sp³-hybridized carbons (Fsp3) is 0.500. The highest BCUT2D eigenvalue weighted by Gasteiger charge is 2.42. The van der Waals surface area contributed by atoms with Crippen molar-refractivity contribution in [2.24, 2.45) is 11.1 Å². The number of hydrogen-bond donors (Lipinski definition) is 2. The Morgan fingerprint density at radius 2 is 2.24 bits per heavy atom. The summed E-state index contributed by atoms with van der Waals surface area (Å²) in [4.78, 5) is 24.1. The van der Waals surface area contributed by atoms with Crippen molar-refractivity contribution in [3.63, 3.8) is 0 Å². The van der Waals surface area contributed by atoms with E-state index in [0.29, 0.717) is 17.9 Å². The van der Waals surface area contributed by atoms with Gasteiger partial charge in [-0.05, 0) is 44.9 Å². The monoisotopic (exact) mass is 290 g/mol. The van der Waals surface area contributed by atoms with Gasteiger partial charge in [0, 0.05) is 11.7 Å². The molecule has 2 rings (SSSR count). The van der Waals surface area contributed by atoms with Gasteiger partial charge in [-0.3, -0.25) is 4.79 Å². The number of nitrogens with two attached hydrogens (primary N) is 1. The largest absolute Gasteiger partial charge is 0.462 e. The molecule has 1 fully saturated rings. The molecule has 21 heavy (non-hydrogen) atoms. The zero-order valence-corrected chi connectivity index (χ0v) is 12.5. The highest BCUT2D eigenvalue weighted by atomic mass is 16.5. The van der Waals surface area contributed by atoms with Gasteiger partial charge >= 0.3 is 5.97 Å². The average molecular weight is 290 g/mol. The molecule has 0 heterocycles. The molecule has 0 aromatic heterocycles. The topological polar surface area (TPSA) is 81.4 Å². The maximum atomic E-state index is 12.4. The number of hydrogen-bond acceptors (Lipinski definition) is 4. The summed E-state index contributed by atoms with van der Waals surface area (Å²) < 4.78 is 4.95. The van der Waals surface area contributed by atoms with Gasteiger partial charge in [0.25, 0.3) is 0 Å². The van der Waals surface area contributed by atoms with E-state index in [9.17, 15) is 9.59 Å². The molecule has 1 aliphatic rings. The van der Waals surface area contributed by atoms with E-state index in [4.69, 9.17) is 10.5 Å². The summed E-state index contributed by atoms with van der Waals surface area (Å²) >= 11 is 0. The van der Waals surface area contributed by atoms with Crippen LogP contribution in [0.3, 0.4) is 0 Å². The first kappa shape index (κ1) is 15.5. The number of carbonyl (C=O) groups is 2. The van der Waals surface area contributed by atoms with Gasteiger partial charge in [0.2, 0.25) is 5.91 Å². The third-order valence-corrected chi connectivity index (χ3v) is 4.18. The second kappa shape index (κ2) is 6.26. The number of ether oxygens (including phenoxy) is 1. The van der Waals surface area contributed by atoms with Gasteiger partial charge in [0.15, 0.2) is 0 Å². The molecule has 2 atom stereocenters. The molecule has 0 bridgehead atoms. The van der Waals surface area contributed by atoms with E-state index in [1.165, 1.54) is 0 Å². The van der Waals surface area contributed by atoms with E-state index in [1.54, 1.807) is 31.2 Å². The Bertz CT molecular complexity index is 544. The SMILES string of the molecule is CCOC(=O)c1cccc(NC(=O)C2(C)CCCC2N)c1. The lowest BCUT2D eigenvalue weighted by atomic mass is 9.84. The van der Waals surface area contributed by atoms with Crippen LogP contribution in [-0.2, 0) is 9.53 Å². The molecule has 1 aromatic rings. The van der Waals surface area contributed by atoms with Crippen molar-refractivity contribution in [1.82, 2.24) is 0 Å². The van der Waals surface area contributed by atoms with E-state index >= 15 is 0 Å². The lowest BCUT2D eigenvalue weighted by Crippen LogP contribution is -2.44. The van der Waals surface area contributed by atoms with Gasteiger partial charge < -0.3 is 15.8 Å². The molecule has 0 spiro atoms. The molecule has 5 nitrogen and oxygen atoms in total. The predicted molar refractivity (Wildman–Crippen MR) is 81.0 cm³/mol. The molecule has 1 aromatic carbocycles. The number of esters is 1. The first-order valence-corrected chi connectivity index (χ1v) is 7.31. The minimum Gasteiger partial charge on any atom is -0.462 e. The highest BCUT2D eigenvalue weighted by molar-refractivity contribution is 5.97. The fourth-order valence-corrected chi connectivity index (χ4v) is 2.69. The first-order chi connectivity index (χ1) is 9.97. The van der Waals surface area contributed by atoms with Crippen LogP contribution in [0, 0.1) is 5.41 Å². The smallest absolute Gasteiger partial charge is 0.338 e. The maximum absolute atomic E-state index is 12.4. The summed E-state index contributed by atoms with van der Waals surface area (Å²) in [6.45, 7) is 3.98. The predicted octanol–water partition coefficient (Wildman–Crippen LogP) is 2.32. The molecule has 114 valence electrons. The van der Waals surface area contributed by atoms with Crippen LogP contribution in [0.25, 0.3) is 0 Å². The molecular weight excluding hydrogens is 268 g/mol. The van der Waals surface area contributed by atoms with E-state index in [1.807, 2.05) is 6.92 Å². The first-order valence-electron chi connectivity index (χ1n) is 7.31. The van der Waals surface area contributed by atoms with Crippen molar-refractivity contribution in [3.8, 4) is 0 Å². The van der Waals surface area contributed by atoms with Crippen molar-refractivity contribution >= 4 is 17.6 Å². The number of carbonyl (C=O) groups excluding carboxylic acids is 2. The van der Waals surface area contributed by atoms with Crippen LogP contribution in [0.5, 0.6) is 0 Å². The van der Waals surface area contributed by atoms with Gasteiger partial charge in [-0.25, -0.2) is 4.79 Å². The number of anilines is 1. The second-order valence-corrected chi connectivity index (χ2v) is 5.67. The number of rotatable bonds is 4. The lowest BCUT2D eigenvalue weighted by molar-refractivity contribution is -0.125. The fourth-order valence-electron chi connectivity index (χ4n) is 2.69. The summed E-state index contributed by atoms with van der Waals surface area (Å²) in [6.07, 6.45) is 2.62. The van der Waals surface area contributed by atoms with E-state index in [0.717, 1.165) is 19.3 Å².